The molecule has 16 nitrogen and oxygen atoms in total. The number of hydrogen-bond acceptors (Lipinski definition) is 11. The van der Waals surface area contributed by atoms with Crippen molar-refractivity contribution in [3.05, 3.63) is 35.9 Å². The molecule has 1 saturated carbocycles. The molecule has 1 aliphatic carbocycles. The van der Waals surface area contributed by atoms with E-state index in [0.717, 1.165) is 37.7 Å². The number of amides is 5. The second-order valence-electron chi connectivity index (χ2n) is 18.2. The molecule has 3 aliphatic rings. The summed E-state index contributed by atoms with van der Waals surface area (Å²) >= 11 is 0. The standard InChI is InChI=1S/C47H76N6O10/c1-10-30(4)41(51(6)46(58)40(29(2)3)50-45(57)42-33-22-23-34(27-33)53(42)38(54)21-15-12-16-25-63-48)37(60-7)28-39(55)52-24-17-20-36(52)43(61-8)31(5)44(56)49-35(47(59)62-9)26-32-18-13-11-14-19-32/h11,13-14,18-19,29-31,33-37,40-43H,10,12,15-17,20-28,48H2,1-9H3,(H,49,56)(H,50,57)/t30-,31+,33-,34+,35-,36-,37+,40-,41-,42-,43+/m0/s1. The molecular formula is C47H76N6O10. The van der Waals surface area contributed by atoms with E-state index in [9.17, 15) is 28.8 Å². The average molecular weight is 885 g/mol. The Labute approximate surface area is 374 Å². The number of carbonyl (C=O) groups excluding carboxylic acids is 6. The number of nitrogens with two attached hydrogens (primary N) is 1. The second-order valence-corrected chi connectivity index (χ2v) is 18.2. The molecule has 11 atom stereocenters. The van der Waals surface area contributed by atoms with Gasteiger partial charge in [0.1, 0.15) is 18.1 Å². The van der Waals surface area contributed by atoms with E-state index in [4.69, 9.17) is 20.1 Å². The van der Waals surface area contributed by atoms with Crippen LogP contribution in [0.5, 0.6) is 0 Å². The van der Waals surface area contributed by atoms with Gasteiger partial charge in [0.05, 0.1) is 50.3 Å². The molecule has 2 saturated heterocycles. The Balaban J connectivity index is 1.46. The van der Waals surface area contributed by atoms with E-state index >= 15 is 0 Å². The molecule has 4 rings (SSSR count). The van der Waals surface area contributed by atoms with Gasteiger partial charge in [0.15, 0.2) is 0 Å². The molecule has 2 aliphatic heterocycles. The first-order chi connectivity index (χ1) is 30.1. The van der Waals surface area contributed by atoms with Crippen molar-refractivity contribution in [2.45, 2.75) is 160 Å². The lowest BCUT2D eigenvalue weighted by Crippen LogP contribution is -2.60. The fourth-order valence-corrected chi connectivity index (χ4v) is 10.2. The third-order valence-corrected chi connectivity index (χ3v) is 13.9. The van der Waals surface area contributed by atoms with Crippen molar-refractivity contribution < 1.29 is 47.8 Å². The number of piperidine rings is 1. The van der Waals surface area contributed by atoms with Crippen LogP contribution in [0.3, 0.4) is 0 Å². The minimum atomic E-state index is -0.908. The van der Waals surface area contributed by atoms with E-state index in [1.54, 1.807) is 35.8 Å². The Kier molecular flexibility index (Phi) is 20.3. The smallest absolute Gasteiger partial charge is 0.328 e. The highest BCUT2D eigenvalue weighted by atomic mass is 16.6. The van der Waals surface area contributed by atoms with Crippen molar-refractivity contribution in [2.24, 2.45) is 29.6 Å². The maximum Gasteiger partial charge on any atom is 0.328 e. The Morgan fingerprint density at radius 2 is 1.62 bits per heavy atom. The number of likely N-dealkylation sites (N-methyl/N-ethyl adjacent to an activating group) is 1. The van der Waals surface area contributed by atoms with Crippen molar-refractivity contribution in [3.8, 4) is 0 Å². The largest absolute Gasteiger partial charge is 0.467 e. The molecule has 1 aromatic rings. The van der Waals surface area contributed by atoms with Gasteiger partial charge in [0, 0.05) is 46.7 Å². The molecule has 0 radical (unpaired) electrons. The van der Waals surface area contributed by atoms with Crippen LogP contribution >= 0.6 is 0 Å². The summed E-state index contributed by atoms with van der Waals surface area (Å²) in [5, 5.41) is 5.94. The fourth-order valence-electron chi connectivity index (χ4n) is 10.2. The lowest BCUT2D eigenvalue weighted by Gasteiger charge is -2.41. The van der Waals surface area contributed by atoms with Crippen LogP contribution in [0.25, 0.3) is 0 Å². The summed E-state index contributed by atoms with van der Waals surface area (Å²) in [5.41, 5.74) is 0.866. The van der Waals surface area contributed by atoms with E-state index in [1.165, 1.54) is 14.2 Å². The summed E-state index contributed by atoms with van der Waals surface area (Å²) in [6.07, 6.45) is 5.96. The van der Waals surface area contributed by atoms with Gasteiger partial charge in [-0.3, -0.25) is 24.0 Å². The predicted molar refractivity (Wildman–Crippen MR) is 237 cm³/mol. The number of nitrogens with zero attached hydrogens (tertiary/aromatic N) is 3. The summed E-state index contributed by atoms with van der Waals surface area (Å²) in [7, 11) is 6.05. The first kappa shape index (κ1) is 51.5. The monoisotopic (exact) mass is 885 g/mol. The van der Waals surface area contributed by atoms with Gasteiger partial charge >= 0.3 is 5.97 Å². The fraction of sp³-hybridized carbons (Fsp3) is 0.745. The minimum absolute atomic E-state index is 0.0230. The summed E-state index contributed by atoms with van der Waals surface area (Å²) in [6, 6.07) is 6.03. The van der Waals surface area contributed by atoms with Gasteiger partial charge in [-0.1, -0.05) is 77.8 Å². The summed E-state index contributed by atoms with van der Waals surface area (Å²) in [5.74, 6) is 2.33. The van der Waals surface area contributed by atoms with Gasteiger partial charge in [-0.05, 0) is 68.3 Å². The van der Waals surface area contributed by atoms with Gasteiger partial charge in [-0.15, -0.1) is 0 Å². The molecular weight excluding hydrogens is 809 g/mol. The van der Waals surface area contributed by atoms with Crippen molar-refractivity contribution in [1.29, 1.82) is 0 Å². The minimum Gasteiger partial charge on any atom is -0.467 e. The molecule has 2 heterocycles. The number of likely N-dealkylation sites (tertiary alicyclic amines) is 2. The van der Waals surface area contributed by atoms with Crippen molar-refractivity contribution in [1.82, 2.24) is 25.3 Å². The highest BCUT2D eigenvalue weighted by Crippen LogP contribution is 2.43. The second kappa shape index (κ2) is 24.8. The Morgan fingerprint density at radius 1 is 0.905 bits per heavy atom. The van der Waals surface area contributed by atoms with Crippen LogP contribution in [0.4, 0.5) is 0 Å². The van der Waals surface area contributed by atoms with E-state index < -0.39 is 60.2 Å². The van der Waals surface area contributed by atoms with Crippen LogP contribution in [0.1, 0.15) is 111 Å². The highest BCUT2D eigenvalue weighted by molar-refractivity contribution is 5.93. The molecule has 0 aromatic heterocycles. The normalized spacial score (nSPS) is 22.8. The zero-order valence-electron chi connectivity index (χ0n) is 39.2. The zero-order chi connectivity index (χ0) is 46.4. The van der Waals surface area contributed by atoms with Crippen LogP contribution in [0.2, 0.25) is 0 Å². The molecule has 16 heteroatoms. The van der Waals surface area contributed by atoms with Crippen LogP contribution in [-0.4, -0.2) is 140 Å². The SMILES string of the molecule is CC[C@H](C)[C@@H]([C@@H](CC(=O)N1CCC[C@H]1[C@H](OC)[C@@H](C)C(=O)N[C@@H](Cc1ccccc1)C(=O)OC)OC)N(C)C(=O)[C@@H](NC(=O)[C@@H]1[C@H]2CC[C@H](C2)N1C(=O)CCCCCON)C(C)C. The Hall–Kier alpha value is -4.12. The van der Waals surface area contributed by atoms with Crippen LogP contribution in [0.15, 0.2) is 30.3 Å². The molecule has 354 valence electrons. The van der Waals surface area contributed by atoms with Crippen molar-refractivity contribution >= 4 is 35.5 Å². The first-order valence-electron chi connectivity index (χ1n) is 23.1. The van der Waals surface area contributed by atoms with Gasteiger partial charge in [0.2, 0.25) is 29.5 Å². The molecule has 2 bridgehead atoms. The lowest BCUT2D eigenvalue weighted by atomic mass is 9.89. The van der Waals surface area contributed by atoms with Gasteiger partial charge < -0.3 is 44.4 Å². The van der Waals surface area contributed by atoms with Gasteiger partial charge in [-0.25, -0.2) is 10.7 Å². The number of fused-ring (bicyclic) bond motifs is 2. The highest BCUT2D eigenvalue weighted by Gasteiger charge is 2.52. The van der Waals surface area contributed by atoms with Crippen molar-refractivity contribution in [2.75, 3.05) is 41.5 Å². The van der Waals surface area contributed by atoms with E-state index in [1.807, 2.05) is 58.0 Å². The quantitative estimate of drug-likeness (QED) is 0.0734. The van der Waals surface area contributed by atoms with Gasteiger partial charge in [0.25, 0.3) is 0 Å². The first-order valence-corrected chi connectivity index (χ1v) is 23.1. The molecule has 3 fully saturated rings. The number of benzene rings is 1. The molecule has 1 aromatic carbocycles. The third kappa shape index (κ3) is 13.0. The van der Waals surface area contributed by atoms with E-state index in [-0.39, 0.29) is 60.3 Å². The molecule has 5 amide bonds. The van der Waals surface area contributed by atoms with E-state index in [2.05, 4.69) is 15.5 Å². The van der Waals surface area contributed by atoms with Crippen molar-refractivity contribution in [3.63, 3.8) is 0 Å². The number of rotatable bonds is 25. The number of nitrogens with one attached hydrogen (secondary N) is 2. The Morgan fingerprint density at radius 3 is 2.24 bits per heavy atom. The number of hydrogen-bond donors (Lipinski definition) is 3. The maximum absolute atomic E-state index is 14.6. The number of unbranched alkanes of at least 4 members (excludes halogenated alkanes) is 2. The van der Waals surface area contributed by atoms with E-state index in [0.29, 0.717) is 45.3 Å². The molecule has 63 heavy (non-hydrogen) atoms. The number of ether oxygens (including phenoxy) is 3. The molecule has 4 N–H and O–H groups in total. The average Bonchev–Trinajstić information content (AvgIpc) is 4.05. The maximum atomic E-state index is 14.6. The van der Waals surface area contributed by atoms with Gasteiger partial charge in [-0.2, -0.15) is 0 Å². The summed E-state index contributed by atoms with van der Waals surface area (Å²) in [4.78, 5) is 93.0. The topological polar surface area (TPSA) is 199 Å². The molecule has 0 unspecified atom stereocenters. The number of methoxy groups -OCH3 is 3. The number of carbonyl (C=O) groups is 6. The lowest BCUT2D eigenvalue weighted by molar-refractivity contribution is -0.149. The van der Waals surface area contributed by atoms with Crippen LogP contribution < -0.4 is 16.5 Å². The predicted octanol–water partition coefficient (Wildman–Crippen LogP) is 3.78. The van der Waals surface area contributed by atoms with Crippen LogP contribution in [-0.2, 0) is 54.2 Å². The number of esters is 1. The summed E-state index contributed by atoms with van der Waals surface area (Å²) < 4.78 is 17.0. The zero-order valence-corrected chi connectivity index (χ0v) is 39.2. The summed E-state index contributed by atoms with van der Waals surface area (Å²) in [6.45, 7) is 10.5. The Bertz CT molecular complexity index is 1670. The third-order valence-electron chi connectivity index (χ3n) is 13.9. The molecule has 0 spiro atoms. The van der Waals surface area contributed by atoms with Crippen LogP contribution in [0, 0.1) is 23.7 Å².